The number of aromatic nitrogens is 2. The molecule has 0 fully saturated rings. The van der Waals surface area contributed by atoms with Crippen LogP contribution in [0.1, 0.15) is 11.1 Å². The van der Waals surface area contributed by atoms with Gasteiger partial charge in [0.05, 0.1) is 16.6 Å². The van der Waals surface area contributed by atoms with Gasteiger partial charge in [-0.1, -0.05) is 18.2 Å². The highest BCUT2D eigenvalue weighted by atomic mass is 19.4. The van der Waals surface area contributed by atoms with Crippen molar-refractivity contribution in [1.82, 2.24) is 9.55 Å². The van der Waals surface area contributed by atoms with Gasteiger partial charge in [-0.25, -0.2) is 4.98 Å². The third-order valence-corrected chi connectivity index (χ3v) is 3.37. The maximum atomic E-state index is 13.0. The minimum Gasteiger partial charge on any atom is -0.369 e. The molecule has 3 aromatic rings. The minimum absolute atomic E-state index is 0.160. The van der Waals surface area contributed by atoms with Crippen LogP contribution in [0.4, 0.5) is 19.1 Å². The molecule has 0 radical (unpaired) electrons. The van der Waals surface area contributed by atoms with E-state index in [4.69, 9.17) is 5.73 Å². The number of hydrogen-bond donors (Lipinski definition) is 1. The number of alkyl halides is 3. The number of benzene rings is 2. The predicted octanol–water partition coefficient (Wildman–Crippen LogP) is 3.93. The van der Waals surface area contributed by atoms with Crippen LogP contribution in [0.3, 0.4) is 0 Å². The van der Waals surface area contributed by atoms with E-state index in [2.05, 4.69) is 4.98 Å². The molecule has 0 amide bonds. The van der Waals surface area contributed by atoms with Gasteiger partial charge >= 0.3 is 6.18 Å². The van der Waals surface area contributed by atoms with E-state index in [9.17, 15) is 13.2 Å². The van der Waals surface area contributed by atoms with E-state index in [1.54, 1.807) is 30.3 Å². The fourth-order valence-corrected chi connectivity index (χ4v) is 2.37. The van der Waals surface area contributed by atoms with Crippen molar-refractivity contribution in [3.8, 4) is 5.69 Å². The number of anilines is 1. The molecule has 1 heterocycles. The second-order valence-corrected chi connectivity index (χ2v) is 4.79. The van der Waals surface area contributed by atoms with Crippen LogP contribution in [-0.4, -0.2) is 9.55 Å². The van der Waals surface area contributed by atoms with Crippen LogP contribution in [0.25, 0.3) is 16.7 Å². The second-order valence-electron chi connectivity index (χ2n) is 4.79. The van der Waals surface area contributed by atoms with E-state index in [-0.39, 0.29) is 11.5 Å². The first-order valence-electron chi connectivity index (χ1n) is 6.29. The molecule has 2 N–H and O–H groups in total. The second kappa shape index (κ2) is 4.51. The number of hydrogen-bond acceptors (Lipinski definition) is 2. The van der Waals surface area contributed by atoms with Gasteiger partial charge in [-0.3, -0.25) is 4.57 Å². The molecule has 0 atom stereocenters. The van der Waals surface area contributed by atoms with Gasteiger partial charge in [-0.05, 0) is 36.8 Å². The van der Waals surface area contributed by atoms with Gasteiger partial charge < -0.3 is 5.73 Å². The number of aryl methyl sites for hydroxylation is 1. The van der Waals surface area contributed by atoms with Crippen molar-refractivity contribution in [3.05, 3.63) is 53.6 Å². The zero-order valence-corrected chi connectivity index (χ0v) is 11.1. The van der Waals surface area contributed by atoms with Gasteiger partial charge in [0.1, 0.15) is 0 Å². The molecule has 108 valence electrons. The highest BCUT2D eigenvalue weighted by molar-refractivity contribution is 5.80. The summed E-state index contributed by atoms with van der Waals surface area (Å²) < 4.78 is 40.6. The first kappa shape index (κ1) is 13.5. The molecule has 2 aromatic carbocycles. The maximum absolute atomic E-state index is 13.0. The number of imidazole rings is 1. The molecule has 0 aliphatic heterocycles. The Balaban J connectivity index is 2.27. The van der Waals surface area contributed by atoms with Gasteiger partial charge in [0.25, 0.3) is 0 Å². The molecule has 0 saturated heterocycles. The fraction of sp³-hybridized carbons (Fsp3) is 0.133. The molecule has 21 heavy (non-hydrogen) atoms. The van der Waals surface area contributed by atoms with Crippen LogP contribution in [0.2, 0.25) is 0 Å². The Hall–Kier alpha value is -2.50. The largest absolute Gasteiger partial charge is 0.416 e. The van der Waals surface area contributed by atoms with Crippen LogP contribution in [0.15, 0.2) is 42.5 Å². The van der Waals surface area contributed by atoms with Crippen molar-refractivity contribution < 1.29 is 13.2 Å². The predicted molar refractivity (Wildman–Crippen MR) is 75.2 cm³/mol. The zero-order chi connectivity index (χ0) is 15.2. The lowest BCUT2D eigenvalue weighted by atomic mass is 10.1. The summed E-state index contributed by atoms with van der Waals surface area (Å²) in [5.41, 5.74) is 7.02. The topological polar surface area (TPSA) is 43.8 Å². The van der Waals surface area contributed by atoms with Crippen molar-refractivity contribution in [2.24, 2.45) is 0 Å². The van der Waals surface area contributed by atoms with Crippen molar-refractivity contribution >= 4 is 17.0 Å². The lowest BCUT2D eigenvalue weighted by Gasteiger charge is -2.13. The standard InChI is InChI=1S/C15H12F3N3/c1-9-6-7-10(8-11(9)15(16,17)18)21-13-5-3-2-4-12(13)20-14(21)19/h2-8H,1H3,(H2,19,20). The molecular formula is C15H12F3N3. The van der Waals surface area contributed by atoms with Crippen molar-refractivity contribution in [2.75, 3.05) is 5.73 Å². The van der Waals surface area contributed by atoms with E-state index in [0.717, 1.165) is 6.07 Å². The number of nitrogens with two attached hydrogens (primary N) is 1. The lowest BCUT2D eigenvalue weighted by molar-refractivity contribution is -0.138. The summed E-state index contributed by atoms with van der Waals surface area (Å²) >= 11 is 0. The molecule has 0 spiro atoms. The number of halogens is 3. The lowest BCUT2D eigenvalue weighted by Crippen LogP contribution is -2.09. The minimum atomic E-state index is -4.40. The summed E-state index contributed by atoms with van der Waals surface area (Å²) in [7, 11) is 0. The molecule has 0 bridgehead atoms. The monoisotopic (exact) mass is 291 g/mol. The smallest absolute Gasteiger partial charge is 0.369 e. The van der Waals surface area contributed by atoms with Crippen LogP contribution in [-0.2, 0) is 6.18 Å². The van der Waals surface area contributed by atoms with Gasteiger partial charge in [0.15, 0.2) is 0 Å². The Morgan fingerprint density at radius 2 is 1.81 bits per heavy atom. The summed E-state index contributed by atoms with van der Waals surface area (Å²) in [5, 5.41) is 0. The van der Waals surface area contributed by atoms with Crippen LogP contribution >= 0.6 is 0 Å². The summed E-state index contributed by atoms with van der Waals surface area (Å²) in [6.07, 6.45) is -4.40. The third-order valence-electron chi connectivity index (χ3n) is 3.37. The molecule has 6 heteroatoms. The maximum Gasteiger partial charge on any atom is 0.416 e. The quantitative estimate of drug-likeness (QED) is 0.738. The number of nitrogens with zero attached hydrogens (tertiary/aromatic N) is 2. The SMILES string of the molecule is Cc1ccc(-n2c(N)nc3ccccc32)cc1C(F)(F)F. The van der Waals surface area contributed by atoms with Gasteiger partial charge in [0, 0.05) is 5.69 Å². The Kier molecular flexibility index (Phi) is 2.90. The van der Waals surface area contributed by atoms with E-state index in [0.29, 0.717) is 16.7 Å². The summed E-state index contributed by atoms with van der Waals surface area (Å²) in [6.45, 7) is 1.43. The summed E-state index contributed by atoms with van der Waals surface area (Å²) in [6, 6.07) is 11.3. The van der Waals surface area contributed by atoms with E-state index >= 15 is 0 Å². The Labute approximate surface area is 118 Å². The molecule has 3 rings (SSSR count). The van der Waals surface area contributed by atoms with Crippen molar-refractivity contribution in [3.63, 3.8) is 0 Å². The van der Waals surface area contributed by atoms with Gasteiger partial charge in [-0.2, -0.15) is 13.2 Å². The van der Waals surface area contributed by atoms with Crippen LogP contribution in [0.5, 0.6) is 0 Å². The number of nitrogen functional groups attached to an aromatic ring is 1. The van der Waals surface area contributed by atoms with E-state index in [1.165, 1.54) is 17.6 Å². The Morgan fingerprint density at radius 1 is 1.10 bits per heavy atom. The Morgan fingerprint density at radius 3 is 2.52 bits per heavy atom. The molecule has 0 aliphatic rings. The van der Waals surface area contributed by atoms with Gasteiger partial charge in [-0.15, -0.1) is 0 Å². The zero-order valence-electron chi connectivity index (χ0n) is 11.1. The summed E-state index contributed by atoms with van der Waals surface area (Å²) in [5.74, 6) is 0.160. The van der Waals surface area contributed by atoms with Gasteiger partial charge in [0.2, 0.25) is 5.95 Å². The number of fused-ring (bicyclic) bond motifs is 1. The number of para-hydroxylation sites is 2. The summed E-state index contributed by atoms with van der Waals surface area (Å²) in [4.78, 5) is 4.16. The molecule has 0 aliphatic carbocycles. The highest BCUT2D eigenvalue weighted by Gasteiger charge is 2.32. The van der Waals surface area contributed by atoms with E-state index < -0.39 is 11.7 Å². The van der Waals surface area contributed by atoms with Crippen molar-refractivity contribution in [2.45, 2.75) is 13.1 Å². The number of rotatable bonds is 1. The first-order chi connectivity index (χ1) is 9.88. The molecule has 1 aromatic heterocycles. The van der Waals surface area contributed by atoms with Crippen LogP contribution < -0.4 is 5.73 Å². The fourth-order valence-electron chi connectivity index (χ4n) is 2.37. The highest BCUT2D eigenvalue weighted by Crippen LogP contribution is 2.34. The first-order valence-corrected chi connectivity index (χ1v) is 6.29. The molecule has 0 unspecified atom stereocenters. The molecule has 0 saturated carbocycles. The normalized spacial score (nSPS) is 12.0. The third kappa shape index (κ3) is 2.22. The molecular weight excluding hydrogens is 279 g/mol. The van der Waals surface area contributed by atoms with E-state index in [1.807, 2.05) is 0 Å². The average molecular weight is 291 g/mol. The Bertz CT molecular complexity index is 819. The molecule has 3 nitrogen and oxygen atoms in total. The average Bonchev–Trinajstić information content (AvgIpc) is 2.74. The van der Waals surface area contributed by atoms with Crippen LogP contribution in [0, 0.1) is 6.92 Å². The van der Waals surface area contributed by atoms with Crippen molar-refractivity contribution in [1.29, 1.82) is 0 Å².